The Balaban J connectivity index is 1.88. The molecule has 0 N–H and O–H groups in total. The van der Waals surface area contributed by atoms with Gasteiger partial charge in [-0.3, -0.25) is 9.78 Å². The van der Waals surface area contributed by atoms with Gasteiger partial charge in [0.05, 0.1) is 12.8 Å². The van der Waals surface area contributed by atoms with Crippen molar-refractivity contribution < 1.29 is 23.6 Å². The first-order valence-electron chi connectivity index (χ1n) is 9.06. The van der Waals surface area contributed by atoms with Crippen LogP contribution < -0.4 is 4.74 Å². The second-order valence-corrected chi connectivity index (χ2v) is 6.13. The fraction of sp³-hybridized carbons (Fsp3) is 0.238. The summed E-state index contributed by atoms with van der Waals surface area (Å²) in [6, 6.07) is 12.4. The molecule has 0 aliphatic heterocycles. The highest BCUT2D eigenvalue weighted by molar-refractivity contribution is 5.93. The van der Waals surface area contributed by atoms with Crippen molar-refractivity contribution in [3.8, 4) is 17.2 Å². The van der Waals surface area contributed by atoms with Gasteiger partial charge < -0.3 is 14.0 Å². The molecule has 0 atom stereocenters. The van der Waals surface area contributed by atoms with E-state index in [0.29, 0.717) is 22.8 Å². The molecule has 0 aliphatic carbocycles. The van der Waals surface area contributed by atoms with E-state index in [1.807, 2.05) is 0 Å². The molecule has 1 amide bonds. The van der Waals surface area contributed by atoms with Crippen LogP contribution in [0.5, 0.6) is 5.75 Å². The van der Waals surface area contributed by atoms with E-state index >= 15 is 0 Å². The summed E-state index contributed by atoms with van der Waals surface area (Å²) >= 11 is 0. The zero-order valence-electron chi connectivity index (χ0n) is 16.4. The number of hydrogen-bond donors (Lipinski definition) is 0. The molecule has 0 radical (unpaired) electrons. The van der Waals surface area contributed by atoms with Gasteiger partial charge in [-0.2, -0.15) is 5.06 Å². The lowest BCUT2D eigenvalue weighted by molar-refractivity contribution is -0.179. The second-order valence-electron chi connectivity index (χ2n) is 6.13. The Kier molecular flexibility index (Phi) is 6.23. The number of nitrogens with zero attached hydrogens (tertiary/aromatic N) is 3. The van der Waals surface area contributed by atoms with Crippen molar-refractivity contribution in [3.63, 3.8) is 0 Å². The van der Waals surface area contributed by atoms with Crippen molar-refractivity contribution in [1.29, 1.82) is 0 Å². The molecule has 2 aromatic heterocycles. The summed E-state index contributed by atoms with van der Waals surface area (Å²) in [5.74, 6) is 0.179. The van der Waals surface area contributed by atoms with Crippen LogP contribution in [0.2, 0.25) is 0 Å². The molecule has 8 nitrogen and oxygen atoms in total. The van der Waals surface area contributed by atoms with Gasteiger partial charge in [-0.1, -0.05) is 13.0 Å². The maximum Gasteiger partial charge on any atom is 0.332 e. The van der Waals surface area contributed by atoms with Gasteiger partial charge in [0.1, 0.15) is 18.1 Å². The van der Waals surface area contributed by atoms with E-state index in [9.17, 15) is 9.59 Å². The third kappa shape index (κ3) is 4.78. The van der Waals surface area contributed by atoms with E-state index in [-0.39, 0.29) is 24.6 Å². The van der Waals surface area contributed by atoms with E-state index < -0.39 is 11.9 Å². The Morgan fingerprint density at radius 2 is 1.90 bits per heavy atom. The Morgan fingerprint density at radius 3 is 2.52 bits per heavy atom. The highest BCUT2D eigenvalue weighted by atomic mass is 16.7. The summed E-state index contributed by atoms with van der Waals surface area (Å²) in [6.07, 6.45) is 1.73. The average molecular weight is 395 g/mol. The molecule has 3 aromatic rings. The van der Waals surface area contributed by atoms with Crippen LogP contribution in [0, 0.1) is 6.92 Å². The number of rotatable bonds is 6. The Labute approximate surface area is 168 Å². The molecular formula is C21H21N3O5. The van der Waals surface area contributed by atoms with Crippen LogP contribution in [0.3, 0.4) is 0 Å². The predicted molar refractivity (Wildman–Crippen MR) is 104 cm³/mol. The first-order chi connectivity index (χ1) is 14.0. The normalized spacial score (nSPS) is 10.4. The molecule has 2 heterocycles. The third-order valence-corrected chi connectivity index (χ3v) is 4.10. The first kappa shape index (κ1) is 20.1. The van der Waals surface area contributed by atoms with Crippen LogP contribution >= 0.6 is 0 Å². The van der Waals surface area contributed by atoms with E-state index in [1.165, 1.54) is 0 Å². The smallest absolute Gasteiger partial charge is 0.332 e. The topological polar surface area (TPSA) is 94.8 Å². The summed E-state index contributed by atoms with van der Waals surface area (Å²) in [6.45, 7) is 3.28. The summed E-state index contributed by atoms with van der Waals surface area (Å²) in [5, 5.41) is 0.955. The van der Waals surface area contributed by atoms with Crippen molar-refractivity contribution in [2.75, 3.05) is 7.11 Å². The number of ether oxygens (including phenoxy) is 1. The largest absolute Gasteiger partial charge is 0.497 e. The number of amides is 1. The van der Waals surface area contributed by atoms with Crippen LogP contribution in [0.4, 0.5) is 0 Å². The first-order valence-corrected chi connectivity index (χ1v) is 9.06. The minimum atomic E-state index is -0.585. The molecule has 0 aliphatic rings. The Morgan fingerprint density at radius 1 is 1.14 bits per heavy atom. The summed E-state index contributed by atoms with van der Waals surface area (Å²) in [4.78, 5) is 38.6. The zero-order valence-corrected chi connectivity index (χ0v) is 16.4. The molecule has 0 saturated carbocycles. The molecule has 3 rings (SSSR count). The highest BCUT2D eigenvalue weighted by Crippen LogP contribution is 2.25. The van der Waals surface area contributed by atoms with Crippen molar-refractivity contribution in [2.24, 2.45) is 0 Å². The van der Waals surface area contributed by atoms with E-state index in [1.54, 1.807) is 69.6 Å². The van der Waals surface area contributed by atoms with Gasteiger partial charge in [-0.25, -0.2) is 9.78 Å². The van der Waals surface area contributed by atoms with Crippen molar-refractivity contribution >= 4 is 11.9 Å². The van der Waals surface area contributed by atoms with Gasteiger partial charge in [-0.05, 0) is 43.3 Å². The number of aromatic nitrogens is 2. The maximum absolute atomic E-state index is 13.0. The van der Waals surface area contributed by atoms with Gasteiger partial charge in [0, 0.05) is 18.2 Å². The molecule has 1 aromatic carbocycles. The zero-order chi connectivity index (χ0) is 20.8. The average Bonchev–Trinajstić information content (AvgIpc) is 3.15. The third-order valence-electron chi connectivity index (χ3n) is 4.10. The number of pyridine rings is 1. The van der Waals surface area contributed by atoms with Gasteiger partial charge in [-0.15, -0.1) is 0 Å². The predicted octanol–water partition coefficient (Wildman–Crippen LogP) is 3.56. The SMILES string of the molecule is CCC(=O)ON(Cc1ccccn1)C(=O)c1nc(-c2ccc(OC)cc2)oc1C. The quantitative estimate of drug-likeness (QED) is 0.589. The van der Waals surface area contributed by atoms with Crippen LogP contribution in [0.1, 0.15) is 35.3 Å². The fourth-order valence-corrected chi connectivity index (χ4v) is 2.54. The number of benzene rings is 1. The Hall–Kier alpha value is -3.68. The van der Waals surface area contributed by atoms with Gasteiger partial charge in [0.2, 0.25) is 5.89 Å². The molecule has 150 valence electrons. The molecule has 0 unspecified atom stereocenters. The molecule has 29 heavy (non-hydrogen) atoms. The number of hydrogen-bond acceptors (Lipinski definition) is 7. The summed E-state index contributed by atoms with van der Waals surface area (Å²) in [7, 11) is 1.58. The number of hydroxylamine groups is 2. The second kappa shape index (κ2) is 9.01. The molecule has 0 fully saturated rings. The van der Waals surface area contributed by atoms with Crippen LogP contribution in [-0.4, -0.2) is 34.0 Å². The standard InChI is InChI=1S/C21H21N3O5/c1-4-18(25)29-24(13-16-7-5-6-12-22-16)21(26)19-14(2)28-20(23-19)15-8-10-17(27-3)11-9-15/h5-12H,4,13H2,1-3H3. The van der Waals surface area contributed by atoms with Gasteiger partial charge in [0.25, 0.3) is 0 Å². The van der Waals surface area contributed by atoms with E-state index in [4.69, 9.17) is 14.0 Å². The molecular weight excluding hydrogens is 374 g/mol. The van der Waals surface area contributed by atoms with Crippen LogP contribution in [0.15, 0.2) is 53.1 Å². The van der Waals surface area contributed by atoms with Gasteiger partial charge >= 0.3 is 11.9 Å². The maximum atomic E-state index is 13.0. The number of aryl methyl sites for hydroxylation is 1. The molecule has 0 bridgehead atoms. The van der Waals surface area contributed by atoms with Crippen molar-refractivity contribution in [3.05, 3.63) is 65.8 Å². The van der Waals surface area contributed by atoms with Crippen molar-refractivity contribution in [1.82, 2.24) is 15.0 Å². The van der Waals surface area contributed by atoms with Gasteiger partial charge in [0.15, 0.2) is 5.69 Å². The molecule has 0 saturated heterocycles. The number of carbonyl (C=O) groups excluding carboxylic acids is 2. The number of methoxy groups -OCH3 is 1. The molecule has 8 heteroatoms. The molecule has 0 spiro atoms. The minimum absolute atomic E-state index is 0.00438. The lowest BCUT2D eigenvalue weighted by Crippen LogP contribution is -2.34. The highest BCUT2D eigenvalue weighted by Gasteiger charge is 2.27. The summed E-state index contributed by atoms with van der Waals surface area (Å²) in [5.41, 5.74) is 1.33. The van der Waals surface area contributed by atoms with E-state index in [2.05, 4.69) is 9.97 Å². The monoisotopic (exact) mass is 395 g/mol. The fourth-order valence-electron chi connectivity index (χ4n) is 2.54. The van der Waals surface area contributed by atoms with Crippen molar-refractivity contribution in [2.45, 2.75) is 26.8 Å². The Bertz CT molecular complexity index is 983. The van der Waals surface area contributed by atoms with E-state index in [0.717, 1.165) is 5.06 Å². The summed E-state index contributed by atoms with van der Waals surface area (Å²) < 4.78 is 10.8. The minimum Gasteiger partial charge on any atom is -0.497 e. The number of oxazole rings is 1. The number of carbonyl (C=O) groups is 2. The van der Waals surface area contributed by atoms with Crippen LogP contribution in [0.25, 0.3) is 11.5 Å². The lowest BCUT2D eigenvalue weighted by atomic mass is 10.2. The van der Waals surface area contributed by atoms with Crippen LogP contribution in [-0.2, 0) is 16.2 Å². The lowest BCUT2D eigenvalue weighted by Gasteiger charge is -2.19.